The predicted octanol–water partition coefficient (Wildman–Crippen LogP) is 5.85. The number of hydrogen-bond donors (Lipinski definition) is 1. The summed E-state index contributed by atoms with van der Waals surface area (Å²) >= 11 is 0. The number of para-hydroxylation sites is 1. The van der Waals surface area contributed by atoms with Crippen LogP contribution in [0.5, 0.6) is 0 Å². The normalized spacial score (nSPS) is 21.7. The van der Waals surface area contributed by atoms with E-state index in [9.17, 15) is 4.79 Å². The van der Waals surface area contributed by atoms with Crippen molar-refractivity contribution in [3.63, 3.8) is 0 Å². The number of nitrogens with zero attached hydrogens (tertiary/aromatic N) is 1. The highest BCUT2D eigenvalue weighted by Gasteiger charge is 2.51. The second-order valence-corrected chi connectivity index (χ2v) is 9.52. The molecule has 1 fully saturated rings. The lowest BCUT2D eigenvalue weighted by Crippen LogP contribution is -2.50. The van der Waals surface area contributed by atoms with Crippen LogP contribution in [0.1, 0.15) is 42.6 Å². The summed E-state index contributed by atoms with van der Waals surface area (Å²) in [5.74, 6) is 1.57. The monoisotopic (exact) mass is 398 g/mol. The van der Waals surface area contributed by atoms with E-state index in [1.54, 1.807) is 0 Å². The Morgan fingerprint density at radius 3 is 2.63 bits per heavy atom. The van der Waals surface area contributed by atoms with E-state index in [-0.39, 0.29) is 5.91 Å². The summed E-state index contributed by atoms with van der Waals surface area (Å²) in [5, 5.41) is 1.25. The summed E-state index contributed by atoms with van der Waals surface area (Å²) < 4.78 is 0. The Labute approximate surface area is 178 Å². The van der Waals surface area contributed by atoms with Gasteiger partial charge >= 0.3 is 0 Å². The minimum atomic E-state index is 0.135. The van der Waals surface area contributed by atoms with Crippen LogP contribution in [0.3, 0.4) is 0 Å². The number of nitrogens with one attached hydrogen (secondary N) is 1. The van der Waals surface area contributed by atoms with Gasteiger partial charge in [-0.3, -0.25) is 4.79 Å². The molecular formula is C27H30N2O. The number of aromatic nitrogens is 1. The zero-order valence-electron chi connectivity index (χ0n) is 17.9. The zero-order valence-corrected chi connectivity index (χ0v) is 17.9. The largest absolute Gasteiger partial charge is 0.361 e. The van der Waals surface area contributed by atoms with Crippen LogP contribution in [-0.4, -0.2) is 28.9 Å². The van der Waals surface area contributed by atoms with Gasteiger partial charge in [0.1, 0.15) is 0 Å². The summed E-state index contributed by atoms with van der Waals surface area (Å²) in [6.45, 7) is 6.27. The minimum Gasteiger partial charge on any atom is -0.361 e. The van der Waals surface area contributed by atoms with Crippen LogP contribution in [0, 0.1) is 17.3 Å². The number of amides is 1. The number of carbonyl (C=O) groups is 1. The summed E-state index contributed by atoms with van der Waals surface area (Å²) in [4.78, 5) is 18.8. The van der Waals surface area contributed by atoms with Crippen molar-refractivity contribution in [2.45, 2.75) is 33.1 Å². The Morgan fingerprint density at radius 1 is 1.10 bits per heavy atom. The molecule has 3 aromatic rings. The zero-order chi connectivity index (χ0) is 20.7. The van der Waals surface area contributed by atoms with Crippen molar-refractivity contribution >= 4 is 16.8 Å². The first-order valence-corrected chi connectivity index (χ1v) is 11.1. The fourth-order valence-electron chi connectivity index (χ4n) is 5.49. The topological polar surface area (TPSA) is 36.1 Å². The van der Waals surface area contributed by atoms with E-state index in [0.717, 1.165) is 42.9 Å². The van der Waals surface area contributed by atoms with Gasteiger partial charge in [0, 0.05) is 35.8 Å². The summed E-state index contributed by atoms with van der Waals surface area (Å²) in [5.41, 5.74) is 5.05. The average Bonchev–Trinajstić information content (AvgIpc) is 3.20. The van der Waals surface area contributed by atoms with Gasteiger partial charge in [0.25, 0.3) is 5.91 Å². The third-order valence-electron chi connectivity index (χ3n) is 7.59. The lowest BCUT2D eigenvalue weighted by molar-refractivity contribution is -0.0102. The number of benzene rings is 2. The van der Waals surface area contributed by atoms with Gasteiger partial charge in [0.15, 0.2) is 0 Å². The molecule has 1 aromatic heterocycles. The summed E-state index contributed by atoms with van der Waals surface area (Å²) in [6, 6.07) is 18.1. The molecule has 3 aliphatic carbocycles. The standard InChI is InChI=1S/C27H30N2O/c1-27(2)22-13-12-21(24(27)16-22)18-29(26(30)19-8-4-3-5-9-19)15-14-20-17-28-25-11-7-6-10-23(20)25/h3-12,17,22,24,28H,13-16,18H2,1-2H3. The quantitative estimate of drug-likeness (QED) is 0.520. The molecule has 1 N–H and O–H groups in total. The summed E-state index contributed by atoms with van der Waals surface area (Å²) in [7, 11) is 0. The van der Waals surface area contributed by atoms with Crippen molar-refractivity contribution in [1.82, 2.24) is 9.88 Å². The third kappa shape index (κ3) is 3.27. The van der Waals surface area contributed by atoms with Crippen molar-refractivity contribution in [1.29, 1.82) is 0 Å². The highest BCUT2D eigenvalue weighted by atomic mass is 16.2. The van der Waals surface area contributed by atoms with E-state index >= 15 is 0 Å². The number of carbonyl (C=O) groups excluding carboxylic acids is 1. The predicted molar refractivity (Wildman–Crippen MR) is 122 cm³/mol. The molecule has 1 heterocycles. The number of rotatable bonds is 6. The first-order valence-electron chi connectivity index (χ1n) is 11.1. The Kier molecular flexibility index (Phi) is 4.77. The third-order valence-corrected chi connectivity index (χ3v) is 7.59. The highest BCUT2D eigenvalue weighted by molar-refractivity contribution is 5.94. The average molecular weight is 399 g/mol. The van der Waals surface area contributed by atoms with Crippen molar-refractivity contribution in [2.24, 2.45) is 17.3 Å². The van der Waals surface area contributed by atoms with E-state index in [2.05, 4.69) is 60.3 Å². The maximum atomic E-state index is 13.4. The van der Waals surface area contributed by atoms with Gasteiger partial charge in [-0.2, -0.15) is 0 Å². The van der Waals surface area contributed by atoms with Crippen LogP contribution >= 0.6 is 0 Å². The molecule has 3 aliphatic rings. The van der Waals surface area contributed by atoms with E-state index in [0.29, 0.717) is 11.3 Å². The number of hydrogen-bond acceptors (Lipinski definition) is 1. The van der Waals surface area contributed by atoms with Gasteiger partial charge in [-0.25, -0.2) is 0 Å². The number of H-pyrrole nitrogens is 1. The molecule has 1 amide bonds. The lowest BCUT2D eigenvalue weighted by atomic mass is 9.49. The van der Waals surface area contributed by atoms with E-state index in [1.165, 1.54) is 22.9 Å². The van der Waals surface area contributed by atoms with Crippen LogP contribution in [0.15, 0.2) is 72.4 Å². The SMILES string of the molecule is CC1(C)C2CC=C(CN(CCc3c[nH]c4ccccc34)C(=O)c3ccccc3)C1C2. The molecule has 2 atom stereocenters. The maximum absolute atomic E-state index is 13.4. The molecule has 2 aromatic carbocycles. The summed E-state index contributed by atoms with van der Waals surface area (Å²) in [6.07, 6.45) is 7.81. The van der Waals surface area contributed by atoms with E-state index < -0.39 is 0 Å². The van der Waals surface area contributed by atoms with Gasteiger partial charge in [0.05, 0.1) is 0 Å². The molecule has 0 spiro atoms. The van der Waals surface area contributed by atoms with E-state index in [1.807, 2.05) is 30.3 Å². The molecule has 2 bridgehead atoms. The molecule has 3 nitrogen and oxygen atoms in total. The first-order chi connectivity index (χ1) is 14.5. The molecule has 30 heavy (non-hydrogen) atoms. The lowest BCUT2D eigenvalue weighted by Gasteiger charge is -2.57. The van der Waals surface area contributed by atoms with Gasteiger partial charge in [-0.1, -0.05) is 61.9 Å². The van der Waals surface area contributed by atoms with E-state index in [4.69, 9.17) is 0 Å². The van der Waals surface area contributed by atoms with Crippen LogP contribution in [0.4, 0.5) is 0 Å². The van der Waals surface area contributed by atoms with Gasteiger partial charge in [0.2, 0.25) is 0 Å². The molecule has 6 rings (SSSR count). The molecule has 0 saturated heterocycles. The van der Waals surface area contributed by atoms with Gasteiger partial charge in [-0.05, 0) is 60.3 Å². The number of allylic oxidation sites excluding steroid dienone is 1. The van der Waals surface area contributed by atoms with Crippen molar-refractivity contribution < 1.29 is 4.79 Å². The molecular weight excluding hydrogens is 368 g/mol. The molecule has 0 aliphatic heterocycles. The minimum absolute atomic E-state index is 0.135. The molecule has 2 unspecified atom stereocenters. The molecule has 154 valence electrons. The second kappa shape index (κ2) is 7.46. The molecule has 1 saturated carbocycles. The van der Waals surface area contributed by atoms with Gasteiger partial charge in [-0.15, -0.1) is 0 Å². The smallest absolute Gasteiger partial charge is 0.254 e. The Balaban J connectivity index is 1.38. The maximum Gasteiger partial charge on any atom is 0.254 e. The van der Waals surface area contributed by atoms with Crippen LogP contribution in [-0.2, 0) is 6.42 Å². The highest BCUT2D eigenvalue weighted by Crippen LogP contribution is 2.59. The second-order valence-electron chi connectivity index (χ2n) is 9.52. The first kappa shape index (κ1) is 19.2. The number of fused-ring (bicyclic) bond motifs is 2. The molecule has 3 heteroatoms. The Morgan fingerprint density at radius 2 is 1.87 bits per heavy atom. The van der Waals surface area contributed by atoms with Crippen molar-refractivity contribution in [3.8, 4) is 0 Å². The van der Waals surface area contributed by atoms with Gasteiger partial charge < -0.3 is 9.88 Å². The fraction of sp³-hybridized carbons (Fsp3) is 0.370. The van der Waals surface area contributed by atoms with Crippen LogP contribution in [0.2, 0.25) is 0 Å². The van der Waals surface area contributed by atoms with Crippen LogP contribution < -0.4 is 0 Å². The van der Waals surface area contributed by atoms with Crippen molar-refractivity contribution in [3.05, 3.63) is 83.6 Å². The number of aromatic amines is 1. The fourth-order valence-corrected chi connectivity index (χ4v) is 5.49. The van der Waals surface area contributed by atoms with Crippen LogP contribution in [0.25, 0.3) is 10.9 Å². The molecule has 0 radical (unpaired) electrons. The Bertz CT molecular complexity index is 1090. The Hall–Kier alpha value is -2.81. The van der Waals surface area contributed by atoms with Crippen molar-refractivity contribution in [2.75, 3.05) is 13.1 Å².